The van der Waals surface area contributed by atoms with E-state index in [1.807, 2.05) is 5.32 Å². The van der Waals surface area contributed by atoms with E-state index in [1.165, 1.54) is 24.3 Å². The SMILES string of the molecule is CCN(CC1NC(=O)NC1=O)S(=O)(=O)c1ccc(Oc2ccc(C(F)(F)F)cc2)cc1. The van der Waals surface area contributed by atoms with E-state index >= 15 is 0 Å². The van der Waals surface area contributed by atoms with Crippen LogP contribution >= 0.6 is 0 Å². The molecule has 1 aliphatic rings. The van der Waals surface area contributed by atoms with Crippen molar-refractivity contribution < 1.29 is 35.9 Å². The van der Waals surface area contributed by atoms with E-state index in [0.29, 0.717) is 0 Å². The van der Waals surface area contributed by atoms with Crippen LogP contribution in [0.15, 0.2) is 53.4 Å². The lowest BCUT2D eigenvalue weighted by atomic mass is 10.2. The number of carbonyl (C=O) groups excluding carboxylic acids is 2. The van der Waals surface area contributed by atoms with Crippen LogP contribution in [-0.4, -0.2) is 43.8 Å². The molecule has 1 aliphatic heterocycles. The van der Waals surface area contributed by atoms with Crippen molar-refractivity contribution >= 4 is 22.0 Å². The van der Waals surface area contributed by atoms with Crippen LogP contribution in [0.1, 0.15) is 12.5 Å². The van der Waals surface area contributed by atoms with Gasteiger partial charge in [-0.15, -0.1) is 0 Å². The molecule has 0 spiro atoms. The molecule has 8 nitrogen and oxygen atoms in total. The van der Waals surface area contributed by atoms with Gasteiger partial charge in [-0.3, -0.25) is 10.1 Å². The van der Waals surface area contributed by atoms with Crippen molar-refractivity contribution in [2.24, 2.45) is 0 Å². The largest absolute Gasteiger partial charge is 0.457 e. The van der Waals surface area contributed by atoms with Crippen LogP contribution in [0.5, 0.6) is 11.5 Å². The quantitative estimate of drug-likeness (QED) is 0.622. The fourth-order valence-corrected chi connectivity index (χ4v) is 4.33. The standard InChI is InChI=1S/C19H18F3N3O5S/c1-2-25(11-16-17(26)24-18(27)23-16)31(28,29)15-9-7-14(8-10-15)30-13-5-3-12(4-6-13)19(20,21)22/h3-10,16H,2,11H2,1H3,(H2,23,24,26,27). The number of nitrogens with zero attached hydrogens (tertiary/aromatic N) is 1. The number of nitrogens with one attached hydrogen (secondary N) is 2. The summed E-state index contributed by atoms with van der Waals surface area (Å²) in [5.74, 6) is -0.232. The summed E-state index contributed by atoms with van der Waals surface area (Å²) < 4.78 is 70.1. The van der Waals surface area contributed by atoms with Gasteiger partial charge in [0.25, 0.3) is 5.91 Å². The summed E-state index contributed by atoms with van der Waals surface area (Å²) in [5.41, 5.74) is -0.812. The molecule has 0 aliphatic carbocycles. The molecule has 12 heteroatoms. The smallest absolute Gasteiger partial charge is 0.416 e. The number of sulfonamides is 1. The summed E-state index contributed by atoms with van der Waals surface area (Å²) in [4.78, 5) is 22.9. The Morgan fingerprint density at radius 2 is 1.55 bits per heavy atom. The monoisotopic (exact) mass is 457 g/mol. The number of hydrogen-bond donors (Lipinski definition) is 2. The van der Waals surface area contributed by atoms with Gasteiger partial charge < -0.3 is 10.1 Å². The van der Waals surface area contributed by atoms with E-state index < -0.39 is 39.7 Å². The highest BCUT2D eigenvalue weighted by Gasteiger charge is 2.34. The summed E-state index contributed by atoms with van der Waals surface area (Å²) in [6.45, 7) is 1.42. The van der Waals surface area contributed by atoms with Crippen LogP contribution in [0.25, 0.3) is 0 Å². The third-order valence-corrected chi connectivity index (χ3v) is 6.43. The van der Waals surface area contributed by atoms with Gasteiger partial charge >= 0.3 is 12.2 Å². The lowest BCUT2D eigenvalue weighted by molar-refractivity contribution is -0.137. The Hall–Kier alpha value is -3.12. The Morgan fingerprint density at radius 1 is 1.00 bits per heavy atom. The molecule has 3 rings (SSSR count). The summed E-state index contributed by atoms with van der Waals surface area (Å²) in [7, 11) is -3.97. The number of hydrogen-bond acceptors (Lipinski definition) is 5. The van der Waals surface area contributed by atoms with E-state index in [1.54, 1.807) is 6.92 Å². The predicted molar refractivity (Wildman–Crippen MR) is 103 cm³/mol. The Bertz CT molecular complexity index is 1070. The second-order valence-electron chi connectivity index (χ2n) is 6.57. The summed E-state index contributed by atoms with van der Waals surface area (Å²) in [6.07, 6.45) is -4.46. The number of amides is 3. The summed E-state index contributed by atoms with van der Waals surface area (Å²) in [6, 6.07) is 7.69. The van der Waals surface area contributed by atoms with Crippen molar-refractivity contribution in [3.05, 3.63) is 54.1 Å². The van der Waals surface area contributed by atoms with Gasteiger partial charge in [-0.1, -0.05) is 6.92 Å². The molecule has 0 saturated carbocycles. The third-order valence-electron chi connectivity index (χ3n) is 4.48. The summed E-state index contributed by atoms with van der Waals surface area (Å²) in [5, 5.41) is 4.39. The van der Waals surface area contributed by atoms with E-state index in [9.17, 15) is 31.2 Å². The number of imide groups is 1. The van der Waals surface area contributed by atoms with Crippen molar-refractivity contribution in [2.45, 2.75) is 24.0 Å². The maximum Gasteiger partial charge on any atom is 0.416 e. The molecule has 31 heavy (non-hydrogen) atoms. The van der Waals surface area contributed by atoms with Crippen molar-refractivity contribution in [2.75, 3.05) is 13.1 Å². The zero-order valence-electron chi connectivity index (χ0n) is 16.1. The van der Waals surface area contributed by atoms with Crippen LogP contribution in [0.2, 0.25) is 0 Å². The molecule has 0 radical (unpaired) electrons. The molecule has 1 heterocycles. The number of urea groups is 1. The minimum absolute atomic E-state index is 0.0613. The van der Waals surface area contributed by atoms with Crippen LogP contribution in [-0.2, 0) is 21.0 Å². The third kappa shape index (κ3) is 5.14. The first kappa shape index (κ1) is 22.6. The first-order valence-electron chi connectivity index (χ1n) is 9.07. The second kappa shape index (κ2) is 8.55. The normalized spacial score (nSPS) is 16.9. The number of carbonyl (C=O) groups is 2. The molecule has 3 amide bonds. The number of likely N-dealkylation sites (N-methyl/N-ethyl adjacent to an activating group) is 1. The van der Waals surface area contributed by atoms with E-state index in [0.717, 1.165) is 28.6 Å². The highest BCUT2D eigenvalue weighted by molar-refractivity contribution is 7.89. The number of rotatable bonds is 7. The number of alkyl halides is 3. The van der Waals surface area contributed by atoms with Crippen LogP contribution in [0, 0.1) is 0 Å². The van der Waals surface area contributed by atoms with E-state index in [4.69, 9.17) is 4.74 Å². The van der Waals surface area contributed by atoms with Gasteiger partial charge in [0, 0.05) is 13.1 Å². The molecule has 166 valence electrons. The number of halogens is 3. The fraction of sp³-hybridized carbons (Fsp3) is 0.263. The molecular formula is C19H18F3N3O5S. The molecular weight excluding hydrogens is 439 g/mol. The van der Waals surface area contributed by atoms with Crippen molar-refractivity contribution in [1.82, 2.24) is 14.9 Å². The lowest BCUT2D eigenvalue weighted by Gasteiger charge is -2.22. The molecule has 2 N–H and O–H groups in total. The average Bonchev–Trinajstić information content (AvgIpc) is 3.03. The Balaban J connectivity index is 1.71. The maximum atomic E-state index is 12.9. The minimum Gasteiger partial charge on any atom is -0.457 e. The summed E-state index contributed by atoms with van der Waals surface area (Å²) >= 11 is 0. The topological polar surface area (TPSA) is 105 Å². The Morgan fingerprint density at radius 3 is 2.00 bits per heavy atom. The van der Waals surface area contributed by atoms with Crippen LogP contribution in [0.4, 0.5) is 18.0 Å². The van der Waals surface area contributed by atoms with Gasteiger partial charge in [-0.25, -0.2) is 13.2 Å². The predicted octanol–water partition coefficient (Wildman–Crippen LogP) is 2.72. The average molecular weight is 457 g/mol. The van der Waals surface area contributed by atoms with Gasteiger partial charge in [0.15, 0.2) is 0 Å². The first-order valence-corrected chi connectivity index (χ1v) is 10.5. The van der Waals surface area contributed by atoms with Gasteiger partial charge in [0.05, 0.1) is 10.5 Å². The molecule has 2 aromatic rings. The van der Waals surface area contributed by atoms with Crippen molar-refractivity contribution in [3.8, 4) is 11.5 Å². The minimum atomic E-state index is -4.46. The zero-order chi connectivity index (χ0) is 22.8. The molecule has 0 bridgehead atoms. The fourth-order valence-electron chi connectivity index (χ4n) is 2.87. The molecule has 1 atom stereocenters. The van der Waals surface area contributed by atoms with Crippen molar-refractivity contribution in [1.29, 1.82) is 0 Å². The highest BCUT2D eigenvalue weighted by Crippen LogP contribution is 2.31. The number of benzene rings is 2. The van der Waals surface area contributed by atoms with E-state index in [2.05, 4.69) is 5.32 Å². The molecule has 1 fully saturated rings. The molecule has 2 aromatic carbocycles. The van der Waals surface area contributed by atoms with Gasteiger partial charge in [-0.2, -0.15) is 17.5 Å². The lowest BCUT2D eigenvalue weighted by Crippen LogP contribution is -2.44. The Kier molecular flexibility index (Phi) is 6.23. The maximum absolute atomic E-state index is 12.9. The molecule has 1 saturated heterocycles. The molecule has 0 aromatic heterocycles. The van der Waals surface area contributed by atoms with Crippen LogP contribution < -0.4 is 15.4 Å². The zero-order valence-corrected chi connectivity index (χ0v) is 17.0. The molecule has 1 unspecified atom stereocenters. The van der Waals surface area contributed by atoms with E-state index in [-0.39, 0.29) is 29.5 Å². The van der Waals surface area contributed by atoms with Crippen molar-refractivity contribution in [3.63, 3.8) is 0 Å². The Labute approximate surface area is 176 Å². The number of ether oxygens (including phenoxy) is 1. The van der Waals surface area contributed by atoms with Crippen LogP contribution in [0.3, 0.4) is 0 Å². The second-order valence-corrected chi connectivity index (χ2v) is 8.50. The highest BCUT2D eigenvalue weighted by atomic mass is 32.2. The van der Waals surface area contributed by atoms with Gasteiger partial charge in [0.2, 0.25) is 10.0 Å². The van der Waals surface area contributed by atoms with Gasteiger partial charge in [-0.05, 0) is 48.5 Å². The first-order chi connectivity index (χ1) is 14.5. The van der Waals surface area contributed by atoms with Gasteiger partial charge in [0.1, 0.15) is 17.5 Å².